The first-order chi connectivity index (χ1) is 7.35. The van der Waals surface area contributed by atoms with Crippen LogP contribution in [0.5, 0.6) is 0 Å². The van der Waals surface area contributed by atoms with E-state index in [1.165, 1.54) is 32.4 Å². The number of hydrogen-bond acceptors (Lipinski definition) is 2. The minimum absolute atomic E-state index is 0.477. The maximum Gasteiger partial charge on any atom is 0.0183 e. The zero-order valence-corrected chi connectivity index (χ0v) is 11.6. The van der Waals surface area contributed by atoms with Crippen LogP contribution in [0.25, 0.3) is 0 Å². The van der Waals surface area contributed by atoms with Crippen LogP contribution in [0.1, 0.15) is 47.0 Å². The van der Waals surface area contributed by atoms with Crippen molar-refractivity contribution in [3.05, 3.63) is 0 Å². The van der Waals surface area contributed by atoms with E-state index in [9.17, 15) is 0 Å². The molecule has 1 aliphatic carbocycles. The van der Waals surface area contributed by atoms with Crippen molar-refractivity contribution in [3.63, 3.8) is 0 Å². The van der Waals surface area contributed by atoms with E-state index in [0.29, 0.717) is 16.9 Å². The molecule has 2 rings (SSSR count). The fourth-order valence-corrected chi connectivity index (χ4v) is 3.26. The maximum absolute atomic E-state index is 3.91. The van der Waals surface area contributed by atoms with E-state index < -0.39 is 0 Å². The highest BCUT2D eigenvalue weighted by molar-refractivity contribution is 5.18. The molecule has 0 aromatic heterocycles. The van der Waals surface area contributed by atoms with Gasteiger partial charge in [-0.1, -0.05) is 27.7 Å². The standard InChI is InChI=1S/C14H28N2/c1-13(2)12(14(13,3)4)15-11-7-6-9-16(5)10-8-11/h11-12,15H,6-10H2,1-5H3. The number of likely N-dealkylation sites (tertiary alicyclic amines) is 1. The number of hydrogen-bond donors (Lipinski definition) is 1. The Labute approximate surface area is 101 Å². The summed E-state index contributed by atoms with van der Waals surface area (Å²) in [5.41, 5.74) is 0.955. The summed E-state index contributed by atoms with van der Waals surface area (Å²) in [5, 5.41) is 3.91. The zero-order chi connectivity index (χ0) is 12.0. The van der Waals surface area contributed by atoms with Crippen LogP contribution in [-0.4, -0.2) is 37.1 Å². The van der Waals surface area contributed by atoms with Crippen LogP contribution >= 0.6 is 0 Å². The molecule has 2 heteroatoms. The average molecular weight is 224 g/mol. The highest BCUT2D eigenvalue weighted by Crippen LogP contribution is 2.62. The van der Waals surface area contributed by atoms with Gasteiger partial charge in [-0.25, -0.2) is 0 Å². The number of nitrogens with zero attached hydrogens (tertiary/aromatic N) is 1. The Hall–Kier alpha value is -0.0800. The molecule has 0 aromatic carbocycles. The molecule has 0 bridgehead atoms. The van der Waals surface area contributed by atoms with Gasteiger partial charge >= 0.3 is 0 Å². The fraction of sp³-hybridized carbons (Fsp3) is 1.00. The Morgan fingerprint density at radius 3 is 2.19 bits per heavy atom. The van der Waals surface area contributed by atoms with Crippen LogP contribution in [0, 0.1) is 10.8 Å². The largest absolute Gasteiger partial charge is 0.310 e. The lowest BCUT2D eigenvalue weighted by atomic mass is 10.0. The second kappa shape index (κ2) is 3.99. The summed E-state index contributed by atoms with van der Waals surface area (Å²) >= 11 is 0. The van der Waals surface area contributed by atoms with Crippen LogP contribution in [0.2, 0.25) is 0 Å². The van der Waals surface area contributed by atoms with Crippen molar-refractivity contribution in [2.45, 2.75) is 59.0 Å². The minimum Gasteiger partial charge on any atom is -0.310 e. The number of nitrogens with one attached hydrogen (secondary N) is 1. The van der Waals surface area contributed by atoms with E-state index >= 15 is 0 Å². The van der Waals surface area contributed by atoms with Crippen molar-refractivity contribution in [1.29, 1.82) is 0 Å². The van der Waals surface area contributed by atoms with Crippen molar-refractivity contribution in [2.24, 2.45) is 10.8 Å². The second-order valence-corrected chi connectivity index (χ2v) is 6.97. The Bertz CT molecular complexity index is 243. The third kappa shape index (κ3) is 2.02. The quantitative estimate of drug-likeness (QED) is 0.775. The molecule has 1 saturated carbocycles. The lowest BCUT2D eigenvalue weighted by Crippen LogP contribution is -2.35. The summed E-state index contributed by atoms with van der Waals surface area (Å²) in [4.78, 5) is 2.46. The second-order valence-electron chi connectivity index (χ2n) is 6.97. The molecule has 2 aliphatic rings. The minimum atomic E-state index is 0.477. The molecular weight excluding hydrogens is 196 g/mol. The van der Waals surface area contributed by atoms with Gasteiger partial charge in [-0.15, -0.1) is 0 Å². The number of rotatable bonds is 2. The normalized spacial score (nSPS) is 34.7. The van der Waals surface area contributed by atoms with Gasteiger partial charge in [0, 0.05) is 12.1 Å². The van der Waals surface area contributed by atoms with Crippen molar-refractivity contribution in [1.82, 2.24) is 10.2 Å². The van der Waals surface area contributed by atoms with Crippen LogP contribution in [-0.2, 0) is 0 Å². The lowest BCUT2D eigenvalue weighted by Gasteiger charge is -2.18. The van der Waals surface area contributed by atoms with Crippen LogP contribution < -0.4 is 5.32 Å². The smallest absolute Gasteiger partial charge is 0.0183 e. The predicted octanol–water partition coefficient (Wildman–Crippen LogP) is 2.49. The molecule has 16 heavy (non-hydrogen) atoms. The first-order valence-corrected chi connectivity index (χ1v) is 6.80. The van der Waals surface area contributed by atoms with E-state index in [0.717, 1.165) is 6.04 Å². The molecule has 1 N–H and O–H groups in total. The predicted molar refractivity (Wildman–Crippen MR) is 69.6 cm³/mol. The SMILES string of the molecule is CN1CCCC(NC2C(C)(C)C2(C)C)CC1. The molecule has 2 nitrogen and oxygen atoms in total. The first-order valence-electron chi connectivity index (χ1n) is 6.80. The molecule has 94 valence electrons. The molecule has 1 saturated heterocycles. The molecule has 0 radical (unpaired) electrons. The topological polar surface area (TPSA) is 15.3 Å². The molecule has 0 aromatic rings. The highest BCUT2D eigenvalue weighted by Gasteiger charge is 2.64. The lowest BCUT2D eigenvalue weighted by molar-refractivity contribution is 0.341. The Kier molecular flexibility index (Phi) is 3.09. The molecule has 0 spiro atoms. The van der Waals surface area contributed by atoms with Gasteiger partial charge in [0.25, 0.3) is 0 Å². The van der Waals surface area contributed by atoms with E-state index in [1.807, 2.05) is 0 Å². The van der Waals surface area contributed by atoms with Gasteiger partial charge < -0.3 is 10.2 Å². The van der Waals surface area contributed by atoms with Crippen LogP contribution in [0.15, 0.2) is 0 Å². The molecule has 1 unspecified atom stereocenters. The van der Waals surface area contributed by atoms with E-state index in [2.05, 4.69) is 45.0 Å². The summed E-state index contributed by atoms with van der Waals surface area (Å²) in [6.45, 7) is 12.1. The summed E-state index contributed by atoms with van der Waals surface area (Å²) in [6.07, 6.45) is 4.02. The fourth-order valence-electron chi connectivity index (χ4n) is 3.26. The first kappa shape index (κ1) is 12.4. The van der Waals surface area contributed by atoms with Gasteiger partial charge in [0.15, 0.2) is 0 Å². The summed E-state index contributed by atoms with van der Waals surface area (Å²) < 4.78 is 0. The Morgan fingerprint density at radius 2 is 1.62 bits per heavy atom. The van der Waals surface area contributed by atoms with Gasteiger partial charge in [-0.2, -0.15) is 0 Å². The van der Waals surface area contributed by atoms with Gasteiger partial charge in [0.1, 0.15) is 0 Å². The van der Waals surface area contributed by atoms with Crippen LogP contribution in [0.4, 0.5) is 0 Å². The third-order valence-corrected chi connectivity index (χ3v) is 5.37. The van der Waals surface area contributed by atoms with Crippen LogP contribution in [0.3, 0.4) is 0 Å². The van der Waals surface area contributed by atoms with Gasteiger partial charge in [-0.3, -0.25) is 0 Å². The molecule has 1 aliphatic heterocycles. The zero-order valence-electron chi connectivity index (χ0n) is 11.6. The Balaban J connectivity index is 1.87. The Morgan fingerprint density at radius 1 is 1.00 bits per heavy atom. The van der Waals surface area contributed by atoms with Crippen molar-refractivity contribution in [3.8, 4) is 0 Å². The third-order valence-electron chi connectivity index (χ3n) is 5.37. The van der Waals surface area contributed by atoms with Gasteiger partial charge in [-0.05, 0) is 50.2 Å². The average Bonchev–Trinajstić information content (AvgIpc) is 2.67. The summed E-state index contributed by atoms with van der Waals surface area (Å²) in [5.74, 6) is 0. The molecule has 2 fully saturated rings. The summed E-state index contributed by atoms with van der Waals surface area (Å²) in [7, 11) is 2.24. The van der Waals surface area contributed by atoms with Crippen molar-refractivity contribution >= 4 is 0 Å². The molecule has 1 atom stereocenters. The molecular formula is C14H28N2. The summed E-state index contributed by atoms with van der Waals surface area (Å²) in [6, 6.07) is 1.46. The monoisotopic (exact) mass is 224 g/mol. The van der Waals surface area contributed by atoms with Crippen molar-refractivity contribution < 1.29 is 0 Å². The van der Waals surface area contributed by atoms with E-state index in [4.69, 9.17) is 0 Å². The highest BCUT2D eigenvalue weighted by atomic mass is 15.1. The maximum atomic E-state index is 3.91. The molecule has 1 heterocycles. The van der Waals surface area contributed by atoms with Crippen molar-refractivity contribution in [2.75, 3.05) is 20.1 Å². The molecule has 0 amide bonds. The van der Waals surface area contributed by atoms with E-state index in [1.54, 1.807) is 0 Å². The van der Waals surface area contributed by atoms with Gasteiger partial charge in [0.2, 0.25) is 0 Å². The van der Waals surface area contributed by atoms with Gasteiger partial charge in [0.05, 0.1) is 0 Å². The van der Waals surface area contributed by atoms with E-state index in [-0.39, 0.29) is 0 Å².